The van der Waals surface area contributed by atoms with Crippen molar-refractivity contribution in [3.8, 4) is 0 Å². The molecule has 0 fully saturated rings. The maximum absolute atomic E-state index is 11.2. The maximum atomic E-state index is 11.2. The summed E-state index contributed by atoms with van der Waals surface area (Å²) in [6, 6.07) is 0. The molecule has 0 spiro atoms. The number of ether oxygens (including phenoxy) is 1. The average Bonchev–Trinajstić information content (AvgIpc) is 2.25. The third kappa shape index (κ3) is 4.93. The van der Waals surface area contributed by atoms with Crippen LogP contribution in [0, 0.1) is 10.1 Å². The van der Waals surface area contributed by atoms with Crippen LogP contribution in [0.1, 0.15) is 0 Å². The van der Waals surface area contributed by atoms with Gasteiger partial charge in [-0.3, -0.25) is 29.4 Å². The van der Waals surface area contributed by atoms with Crippen molar-refractivity contribution >= 4 is 19.1 Å². The fraction of sp³-hybridized carbons (Fsp3) is 0.429. The van der Waals surface area contributed by atoms with Crippen molar-refractivity contribution in [2.75, 3.05) is 24.8 Å². The van der Waals surface area contributed by atoms with E-state index in [1.807, 2.05) is 4.98 Å². The van der Waals surface area contributed by atoms with Crippen molar-refractivity contribution in [3.63, 3.8) is 0 Å². The second-order valence-corrected chi connectivity index (χ2v) is 5.11. The minimum absolute atomic E-state index is 0.111. The zero-order valence-electron chi connectivity index (χ0n) is 9.86. The number of rotatable bonds is 7. The van der Waals surface area contributed by atoms with Crippen molar-refractivity contribution in [1.29, 1.82) is 0 Å². The van der Waals surface area contributed by atoms with Crippen LogP contribution in [0.25, 0.3) is 0 Å². The van der Waals surface area contributed by atoms with E-state index >= 15 is 0 Å². The zero-order valence-corrected chi connectivity index (χ0v) is 10.8. The molecular formula is C7H11N4O8P. The van der Waals surface area contributed by atoms with E-state index in [0.29, 0.717) is 0 Å². The zero-order chi connectivity index (χ0) is 15.3. The number of hydrogen-bond donors (Lipinski definition) is 5. The lowest BCUT2D eigenvalue weighted by atomic mass is 10.4. The molecule has 12 nitrogen and oxygen atoms in total. The Kier molecular flexibility index (Phi) is 5.16. The van der Waals surface area contributed by atoms with Crippen LogP contribution in [0.2, 0.25) is 0 Å². The first kappa shape index (κ1) is 16.0. The van der Waals surface area contributed by atoms with E-state index < -0.39 is 41.6 Å². The molecule has 0 amide bonds. The van der Waals surface area contributed by atoms with Gasteiger partial charge in [0, 0.05) is 6.54 Å². The molecule has 5 N–H and O–H groups in total. The molecule has 0 bridgehead atoms. The first-order valence-electron chi connectivity index (χ1n) is 5.08. The Labute approximate surface area is 110 Å². The summed E-state index contributed by atoms with van der Waals surface area (Å²) < 4.78 is 15.1. The fourth-order valence-corrected chi connectivity index (χ4v) is 1.58. The monoisotopic (exact) mass is 310 g/mol. The first-order chi connectivity index (χ1) is 9.20. The number of nitrogens with one attached hydrogen (secondary N) is 3. The van der Waals surface area contributed by atoms with Crippen molar-refractivity contribution in [2.45, 2.75) is 0 Å². The Hall–Kier alpha value is -2.01. The quantitative estimate of drug-likeness (QED) is 0.173. The van der Waals surface area contributed by atoms with Gasteiger partial charge in [-0.05, 0) is 0 Å². The molecule has 1 rings (SSSR count). The minimum Gasteiger partial charge on any atom is -0.367 e. The molecule has 0 aliphatic heterocycles. The fourth-order valence-electron chi connectivity index (χ4n) is 1.21. The highest BCUT2D eigenvalue weighted by molar-refractivity contribution is 7.51. The molecule has 1 aromatic rings. The highest BCUT2D eigenvalue weighted by Crippen LogP contribution is 2.33. The molecule has 0 aliphatic carbocycles. The van der Waals surface area contributed by atoms with Crippen LogP contribution in [-0.4, -0.2) is 44.2 Å². The lowest BCUT2D eigenvalue weighted by Gasteiger charge is -2.07. The van der Waals surface area contributed by atoms with E-state index in [1.165, 1.54) is 0 Å². The summed E-state index contributed by atoms with van der Waals surface area (Å²) in [5.74, 6) is -0.413. The van der Waals surface area contributed by atoms with E-state index in [-0.39, 0.29) is 13.2 Å². The van der Waals surface area contributed by atoms with Gasteiger partial charge in [-0.25, -0.2) is 4.79 Å². The molecule has 0 aliphatic rings. The van der Waals surface area contributed by atoms with Crippen LogP contribution >= 0.6 is 7.60 Å². The van der Waals surface area contributed by atoms with Crippen molar-refractivity contribution in [1.82, 2.24) is 9.97 Å². The smallest absolute Gasteiger partial charge is 0.367 e. The van der Waals surface area contributed by atoms with E-state index in [1.54, 1.807) is 4.98 Å². The molecule has 1 heterocycles. The number of nitro groups is 1. The first-order valence-corrected chi connectivity index (χ1v) is 6.87. The van der Waals surface area contributed by atoms with Crippen LogP contribution in [0.15, 0.2) is 9.59 Å². The largest absolute Gasteiger partial charge is 0.373 e. The molecule has 0 aromatic carbocycles. The van der Waals surface area contributed by atoms with Crippen LogP contribution in [-0.2, 0) is 9.30 Å². The highest BCUT2D eigenvalue weighted by Gasteiger charge is 2.20. The maximum Gasteiger partial charge on any atom is 0.373 e. The van der Waals surface area contributed by atoms with Gasteiger partial charge in [-0.2, -0.15) is 0 Å². The summed E-state index contributed by atoms with van der Waals surface area (Å²) >= 11 is 0. The van der Waals surface area contributed by atoms with Gasteiger partial charge < -0.3 is 19.8 Å². The second kappa shape index (κ2) is 6.43. The number of hydrogen-bond acceptors (Lipinski definition) is 7. The van der Waals surface area contributed by atoms with Gasteiger partial charge >= 0.3 is 24.5 Å². The Morgan fingerprint density at radius 1 is 1.35 bits per heavy atom. The SMILES string of the molecule is O=c1[nH]c(NCCOCP(=O)(O)O)c([N+](=O)[O-])c(=O)[nH]1. The molecule has 0 unspecified atom stereocenters. The Bertz CT molecular complexity index is 645. The topological polar surface area (TPSA) is 188 Å². The third-order valence-electron chi connectivity index (χ3n) is 1.91. The number of aromatic amines is 2. The molecule has 20 heavy (non-hydrogen) atoms. The van der Waals surface area contributed by atoms with Gasteiger partial charge in [0.25, 0.3) is 0 Å². The van der Waals surface area contributed by atoms with E-state index in [0.717, 1.165) is 0 Å². The van der Waals surface area contributed by atoms with Crippen LogP contribution in [0.4, 0.5) is 11.5 Å². The summed E-state index contributed by atoms with van der Waals surface area (Å²) in [5.41, 5.74) is -2.98. The summed E-state index contributed by atoms with van der Waals surface area (Å²) in [6.07, 6.45) is -0.803. The van der Waals surface area contributed by atoms with Gasteiger partial charge in [-0.1, -0.05) is 0 Å². The number of anilines is 1. The number of aromatic nitrogens is 2. The summed E-state index contributed by atoms with van der Waals surface area (Å²) in [4.78, 5) is 52.7. The molecular weight excluding hydrogens is 299 g/mol. The third-order valence-corrected chi connectivity index (χ3v) is 2.43. The normalized spacial score (nSPS) is 11.3. The standard InChI is InChI=1S/C7H11N4O8P/c12-6-4(11(14)15)5(9-7(13)10-6)8-1-2-19-3-20(16,17)18/h1-3H2,(H2,16,17,18)(H3,8,9,10,12,13). The molecule has 13 heteroatoms. The predicted octanol–water partition coefficient (Wildman–Crippen LogP) is -1.46. The summed E-state index contributed by atoms with van der Waals surface area (Å²) in [6.45, 7) is -0.308. The minimum atomic E-state index is -4.29. The summed E-state index contributed by atoms with van der Waals surface area (Å²) in [7, 11) is -4.29. The van der Waals surface area contributed by atoms with E-state index in [9.17, 15) is 24.3 Å². The molecule has 0 saturated heterocycles. The Morgan fingerprint density at radius 2 is 2.00 bits per heavy atom. The van der Waals surface area contributed by atoms with Crippen LogP contribution in [0.5, 0.6) is 0 Å². The van der Waals surface area contributed by atoms with Gasteiger partial charge in [0.1, 0.15) is 6.35 Å². The molecule has 0 radical (unpaired) electrons. The van der Waals surface area contributed by atoms with E-state index in [2.05, 4.69) is 10.1 Å². The van der Waals surface area contributed by atoms with Gasteiger partial charge in [0.2, 0.25) is 0 Å². The number of H-pyrrole nitrogens is 2. The average molecular weight is 310 g/mol. The summed E-state index contributed by atoms with van der Waals surface area (Å²) in [5, 5.41) is 13.0. The Balaban J connectivity index is 2.69. The lowest BCUT2D eigenvalue weighted by molar-refractivity contribution is -0.385. The van der Waals surface area contributed by atoms with Crippen LogP contribution < -0.4 is 16.6 Å². The highest BCUT2D eigenvalue weighted by atomic mass is 31.2. The molecule has 1 aromatic heterocycles. The van der Waals surface area contributed by atoms with Gasteiger partial charge in [-0.15, -0.1) is 0 Å². The van der Waals surface area contributed by atoms with Crippen LogP contribution in [0.3, 0.4) is 0 Å². The molecule has 0 saturated carbocycles. The van der Waals surface area contributed by atoms with Gasteiger partial charge in [0.05, 0.1) is 11.5 Å². The van der Waals surface area contributed by atoms with Gasteiger partial charge in [0.15, 0.2) is 5.82 Å². The van der Waals surface area contributed by atoms with E-state index in [4.69, 9.17) is 9.79 Å². The molecule has 0 atom stereocenters. The van der Waals surface area contributed by atoms with Crippen molar-refractivity contribution < 1.29 is 24.0 Å². The second-order valence-electron chi connectivity index (χ2n) is 3.52. The molecule has 112 valence electrons. The van der Waals surface area contributed by atoms with Crippen molar-refractivity contribution in [2.24, 2.45) is 0 Å². The predicted molar refractivity (Wildman–Crippen MR) is 65.7 cm³/mol. The van der Waals surface area contributed by atoms with Crippen molar-refractivity contribution in [3.05, 3.63) is 31.0 Å². The Morgan fingerprint density at radius 3 is 2.55 bits per heavy atom. The lowest BCUT2D eigenvalue weighted by Crippen LogP contribution is -2.27. The number of nitrogens with zero attached hydrogens (tertiary/aromatic N) is 1.